The van der Waals surface area contributed by atoms with Crippen LogP contribution in [0.1, 0.15) is 69.9 Å². The molecule has 1 aromatic rings. The minimum atomic E-state index is -0.501. The largest absolute Gasteiger partial charge is 0.507 e. The van der Waals surface area contributed by atoms with Crippen LogP contribution in [0.2, 0.25) is 0 Å². The number of phenols is 1. The Labute approximate surface area is 156 Å². The Kier molecular flexibility index (Phi) is 5.31. The molecule has 1 aliphatic heterocycles. The normalized spacial score (nSPS) is 23.3. The number of phenolic OH excluding ortho intramolecular Hbond substituents is 1. The second kappa shape index (κ2) is 7.34. The van der Waals surface area contributed by atoms with Crippen LogP contribution in [-0.4, -0.2) is 23.8 Å². The summed E-state index contributed by atoms with van der Waals surface area (Å²) in [5.41, 5.74) is 2.40. The van der Waals surface area contributed by atoms with E-state index in [0.29, 0.717) is 5.75 Å². The van der Waals surface area contributed by atoms with Gasteiger partial charge in [0.05, 0.1) is 13.0 Å². The van der Waals surface area contributed by atoms with Gasteiger partial charge in [0.1, 0.15) is 17.1 Å². The zero-order chi connectivity index (χ0) is 18.9. The van der Waals surface area contributed by atoms with Crippen molar-refractivity contribution < 1.29 is 19.4 Å². The molecule has 0 saturated carbocycles. The lowest BCUT2D eigenvalue weighted by atomic mass is 9.67. The molecule has 1 aromatic carbocycles. The number of aryl methyl sites for hydroxylation is 1. The summed E-state index contributed by atoms with van der Waals surface area (Å²) in [6.07, 6.45) is 8.07. The molecule has 0 radical (unpaired) electrons. The second-order valence-corrected chi connectivity index (χ2v) is 7.94. The van der Waals surface area contributed by atoms with Gasteiger partial charge in [-0.2, -0.15) is 0 Å². The molecule has 0 fully saturated rings. The number of methoxy groups -OCH3 is 1. The summed E-state index contributed by atoms with van der Waals surface area (Å²) in [5, 5.41) is 10.8. The van der Waals surface area contributed by atoms with Crippen molar-refractivity contribution in [1.29, 1.82) is 0 Å². The number of hydrogen-bond donors (Lipinski definition) is 1. The van der Waals surface area contributed by atoms with Crippen LogP contribution in [0.15, 0.2) is 23.8 Å². The third-order valence-corrected chi connectivity index (χ3v) is 5.70. The average molecular weight is 358 g/mol. The second-order valence-electron chi connectivity index (χ2n) is 7.94. The molecule has 2 aliphatic rings. The summed E-state index contributed by atoms with van der Waals surface area (Å²) >= 11 is 0. The molecule has 4 nitrogen and oxygen atoms in total. The van der Waals surface area contributed by atoms with Crippen molar-refractivity contribution in [2.75, 3.05) is 7.11 Å². The third kappa shape index (κ3) is 3.34. The van der Waals surface area contributed by atoms with E-state index in [0.717, 1.165) is 48.8 Å². The molecule has 0 saturated heterocycles. The maximum atomic E-state index is 12.4. The monoisotopic (exact) mass is 358 g/mol. The molecule has 4 heteroatoms. The van der Waals surface area contributed by atoms with Gasteiger partial charge in [-0.25, -0.2) is 0 Å². The number of esters is 1. The van der Waals surface area contributed by atoms with Crippen molar-refractivity contribution >= 4 is 5.97 Å². The topological polar surface area (TPSA) is 55.8 Å². The van der Waals surface area contributed by atoms with E-state index < -0.39 is 5.60 Å². The zero-order valence-electron chi connectivity index (χ0n) is 16.3. The van der Waals surface area contributed by atoms with Gasteiger partial charge in [-0.3, -0.25) is 4.79 Å². The number of fused-ring (bicyclic) bond motifs is 3. The van der Waals surface area contributed by atoms with Crippen molar-refractivity contribution in [3.05, 3.63) is 34.9 Å². The summed E-state index contributed by atoms with van der Waals surface area (Å²) in [6, 6.07) is 3.89. The molecule has 0 bridgehead atoms. The molecule has 26 heavy (non-hydrogen) atoms. The summed E-state index contributed by atoms with van der Waals surface area (Å²) in [5.74, 6) is 0.268. The van der Waals surface area contributed by atoms with E-state index in [1.165, 1.54) is 13.5 Å². The van der Waals surface area contributed by atoms with Crippen molar-refractivity contribution in [1.82, 2.24) is 0 Å². The fourth-order valence-electron chi connectivity index (χ4n) is 4.43. The van der Waals surface area contributed by atoms with Crippen LogP contribution in [0.4, 0.5) is 0 Å². The maximum absolute atomic E-state index is 12.4. The molecule has 1 aliphatic carbocycles. The number of carbonyl (C=O) groups is 1. The number of allylic oxidation sites excluding steroid dienone is 1. The lowest BCUT2D eigenvalue weighted by Gasteiger charge is -2.45. The number of benzene rings is 1. The van der Waals surface area contributed by atoms with Crippen LogP contribution in [0.5, 0.6) is 11.5 Å². The van der Waals surface area contributed by atoms with Crippen molar-refractivity contribution in [3.63, 3.8) is 0 Å². The minimum absolute atomic E-state index is 0.181. The van der Waals surface area contributed by atoms with E-state index in [4.69, 9.17) is 9.47 Å². The molecule has 1 heterocycles. The molecule has 0 spiro atoms. The van der Waals surface area contributed by atoms with Crippen LogP contribution in [-0.2, 0) is 16.0 Å². The van der Waals surface area contributed by atoms with Crippen molar-refractivity contribution in [2.45, 2.75) is 70.8 Å². The standard InChI is InChI=1S/C22H30O4/c1-5-6-7-9-14-12-17(23)20-18(13-14)26-22(2,3)16-11-8-10-15(19(16)20)21(24)25-4/h11-13,15,19,23H,5-10H2,1-4H3. The van der Waals surface area contributed by atoms with E-state index in [-0.39, 0.29) is 23.6 Å². The Morgan fingerprint density at radius 1 is 1.35 bits per heavy atom. The quantitative estimate of drug-likeness (QED) is 0.463. The van der Waals surface area contributed by atoms with E-state index in [9.17, 15) is 9.90 Å². The number of hydrogen-bond acceptors (Lipinski definition) is 4. The van der Waals surface area contributed by atoms with Crippen molar-refractivity contribution in [2.24, 2.45) is 5.92 Å². The summed E-state index contributed by atoms with van der Waals surface area (Å²) in [7, 11) is 1.43. The smallest absolute Gasteiger partial charge is 0.309 e. The van der Waals surface area contributed by atoms with Gasteiger partial charge in [-0.05, 0) is 62.8 Å². The van der Waals surface area contributed by atoms with Crippen LogP contribution >= 0.6 is 0 Å². The van der Waals surface area contributed by atoms with E-state index in [1.807, 2.05) is 26.0 Å². The molecular weight excluding hydrogens is 328 g/mol. The molecular formula is C22H30O4. The number of rotatable bonds is 5. The Morgan fingerprint density at radius 3 is 2.81 bits per heavy atom. The SMILES string of the molecule is CCCCCc1cc(O)c2c(c1)OC(C)(C)C1=CCCC(C(=O)OC)C12. The highest BCUT2D eigenvalue weighted by Crippen LogP contribution is 2.54. The molecule has 0 aromatic heterocycles. The fourth-order valence-corrected chi connectivity index (χ4v) is 4.43. The van der Waals surface area contributed by atoms with Gasteiger partial charge in [0.2, 0.25) is 0 Å². The highest BCUT2D eigenvalue weighted by Gasteiger charge is 2.47. The van der Waals surface area contributed by atoms with Gasteiger partial charge in [-0.15, -0.1) is 0 Å². The van der Waals surface area contributed by atoms with Gasteiger partial charge in [0.15, 0.2) is 0 Å². The fraction of sp³-hybridized carbons (Fsp3) is 0.591. The van der Waals surface area contributed by atoms with E-state index in [2.05, 4.69) is 13.0 Å². The first kappa shape index (κ1) is 18.8. The number of unbranched alkanes of at least 4 members (excludes halogenated alkanes) is 2. The van der Waals surface area contributed by atoms with Crippen molar-refractivity contribution in [3.8, 4) is 11.5 Å². The molecule has 0 amide bonds. The van der Waals surface area contributed by atoms with E-state index in [1.54, 1.807) is 0 Å². The van der Waals surface area contributed by atoms with E-state index >= 15 is 0 Å². The molecule has 142 valence electrons. The number of ether oxygens (including phenoxy) is 2. The molecule has 2 unspecified atom stereocenters. The minimum Gasteiger partial charge on any atom is -0.507 e. The number of aromatic hydroxyl groups is 1. The predicted molar refractivity (Wildman–Crippen MR) is 102 cm³/mol. The lowest BCUT2D eigenvalue weighted by Crippen LogP contribution is -2.43. The third-order valence-electron chi connectivity index (χ3n) is 5.70. The van der Waals surface area contributed by atoms with Crippen LogP contribution < -0.4 is 4.74 Å². The van der Waals surface area contributed by atoms with Crippen LogP contribution in [0.3, 0.4) is 0 Å². The Balaban J connectivity index is 2.06. The summed E-state index contributed by atoms with van der Waals surface area (Å²) in [6.45, 7) is 6.25. The van der Waals surface area contributed by atoms with Crippen LogP contribution in [0, 0.1) is 5.92 Å². The summed E-state index contributed by atoms with van der Waals surface area (Å²) in [4.78, 5) is 12.4. The highest BCUT2D eigenvalue weighted by atomic mass is 16.5. The average Bonchev–Trinajstić information content (AvgIpc) is 2.60. The highest BCUT2D eigenvalue weighted by molar-refractivity contribution is 5.76. The first-order valence-electron chi connectivity index (χ1n) is 9.72. The van der Waals surface area contributed by atoms with Gasteiger partial charge < -0.3 is 14.6 Å². The Bertz CT molecular complexity index is 717. The molecule has 2 atom stereocenters. The molecule has 1 N–H and O–H groups in total. The van der Waals surface area contributed by atoms with Gasteiger partial charge >= 0.3 is 5.97 Å². The van der Waals surface area contributed by atoms with Gasteiger partial charge in [0, 0.05) is 11.5 Å². The predicted octanol–water partition coefficient (Wildman–Crippen LogP) is 4.89. The zero-order valence-corrected chi connectivity index (χ0v) is 16.3. The summed E-state index contributed by atoms with van der Waals surface area (Å²) < 4.78 is 11.4. The Morgan fingerprint density at radius 2 is 2.12 bits per heavy atom. The Hall–Kier alpha value is -1.97. The maximum Gasteiger partial charge on any atom is 0.309 e. The van der Waals surface area contributed by atoms with Gasteiger partial charge in [0.25, 0.3) is 0 Å². The lowest BCUT2D eigenvalue weighted by molar-refractivity contribution is -0.146. The first-order chi connectivity index (χ1) is 12.4. The molecule has 3 rings (SSSR count). The van der Waals surface area contributed by atoms with Crippen LogP contribution in [0.25, 0.3) is 0 Å². The first-order valence-corrected chi connectivity index (χ1v) is 9.72. The van der Waals surface area contributed by atoms with Gasteiger partial charge in [-0.1, -0.05) is 25.8 Å². The number of carbonyl (C=O) groups excluding carboxylic acids is 1.